The van der Waals surface area contributed by atoms with E-state index in [1.807, 2.05) is 25.1 Å². The lowest BCUT2D eigenvalue weighted by Crippen LogP contribution is -2.22. The van der Waals surface area contributed by atoms with E-state index >= 15 is 0 Å². The van der Waals surface area contributed by atoms with Crippen molar-refractivity contribution >= 4 is 49.4 Å². The summed E-state index contributed by atoms with van der Waals surface area (Å²) in [6.07, 6.45) is 0. The molecule has 0 fully saturated rings. The first-order valence-electron chi connectivity index (χ1n) is 8.47. The third-order valence-corrected chi connectivity index (χ3v) is 5.95. The Morgan fingerprint density at radius 1 is 1.04 bits per heavy atom. The second kappa shape index (κ2) is 7.25. The summed E-state index contributed by atoms with van der Waals surface area (Å²) in [5.41, 5.74) is 2.00. The number of hydrogen-bond acceptors (Lipinski definition) is 3. The van der Waals surface area contributed by atoms with Crippen LogP contribution in [0.25, 0.3) is 21.7 Å². The second-order valence-electron chi connectivity index (χ2n) is 6.03. The van der Waals surface area contributed by atoms with Crippen molar-refractivity contribution in [1.82, 2.24) is 9.55 Å². The van der Waals surface area contributed by atoms with E-state index in [0.29, 0.717) is 11.9 Å². The lowest BCUT2D eigenvalue weighted by atomic mass is 10.1. The van der Waals surface area contributed by atoms with Crippen LogP contribution < -0.4 is 5.56 Å². The maximum absolute atomic E-state index is 12.8. The first-order valence-corrected chi connectivity index (χ1v) is 10.2. The molecule has 3 nitrogen and oxygen atoms in total. The Morgan fingerprint density at radius 3 is 2.69 bits per heavy atom. The molecule has 26 heavy (non-hydrogen) atoms. The number of thioether (sulfide) groups is 1. The van der Waals surface area contributed by atoms with E-state index in [0.717, 1.165) is 20.9 Å². The fourth-order valence-corrected chi connectivity index (χ4v) is 4.55. The first kappa shape index (κ1) is 17.3. The topological polar surface area (TPSA) is 34.9 Å². The summed E-state index contributed by atoms with van der Waals surface area (Å²) < 4.78 is 2.65. The molecule has 0 aliphatic rings. The molecule has 4 aromatic rings. The van der Waals surface area contributed by atoms with Crippen molar-refractivity contribution in [1.29, 1.82) is 0 Å². The van der Waals surface area contributed by atoms with Crippen molar-refractivity contribution < 1.29 is 0 Å². The van der Waals surface area contributed by atoms with Gasteiger partial charge in [0, 0.05) is 16.8 Å². The van der Waals surface area contributed by atoms with Gasteiger partial charge in [-0.25, -0.2) is 4.98 Å². The van der Waals surface area contributed by atoms with Crippen molar-refractivity contribution in [3.63, 3.8) is 0 Å². The van der Waals surface area contributed by atoms with Crippen molar-refractivity contribution in [2.45, 2.75) is 24.4 Å². The summed E-state index contributed by atoms with van der Waals surface area (Å²) in [4.78, 5) is 17.6. The zero-order valence-electron chi connectivity index (χ0n) is 14.3. The quantitative estimate of drug-likeness (QED) is 0.314. The molecule has 0 saturated carbocycles. The standard InChI is InChI=1S/C21H17BrN2OS/c1-2-24-20(25)18-12-16(22)10-11-19(18)23-21(24)26-13-15-8-5-7-14-6-3-4-9-17(14)15/h3-12H,2,13H2,1H3. The Balaban J connectivity index is 1.75. The number of rotatable bonds is 4. The first-order chi connectivity index (χ1) is 12.7. The van der Waals surface area contributed by atoms with E-state index in [2.05, 4.69) is 58.4 Å². The molecule has 0 aliphatic heterocycles. The molecule has 5 heteroatoms. The molecule has 0 aliphatic carbocycles. The summed E-state index contributed by atoms with van der Waals surface area (Å²) in [7, 11) is 0. The fraction of sp³-hybridized carbons (Fsp3) is 0.143. The summed E-state index contributed by atoms with van der Waals surface area (Å²) in [6.45, 7) is 2.58. The number of halogens is 1. The minimum atomic E-state index is 0.0132. The number of benzene rings is 3. The van der Waals surface area contributed by atoms with Gasteiger partial charge in [0.25, 0.3) is 5.56 Å². The Kier molecular flexibility index (Phi) is 4.83. The average Bonchev–Trinajstić information content (AvgIpc) is 2.67. The van der Waals surface area contributed by atoms with E-state index < -0.39 is 0 Å². The van der Waals surface area contributed by atoms with Crippen LogP contribution in [0.3, 0.4) is 0 Å². The summed E-state index contributed by atoms with van der Waals surface area (Å²) >= 11 is 5.05. The minimum absolute atomic E-state index is 0.0132. The van der Waals surface area contributed by atoms with E-state index in [-0.39, 0.29) is 5.56 Å². The number of hydrogen-bond donors (Lipinski definition) is 0. The van der Waals surface area contributed by atoms with Gasteiger partial charge in [-0.2, -0.15) is 0 Å². The van der Waals surface area contributed by atoms with E-state index in [9.17, 15) is 4.79 Å². The monoisotopic (exact) mass is 424 g/mol. The van der Waals surface area contributed by atoms with Crippen LogP contribution in [0, 0.1) is 0 Å². The number of nitrogens with zero attached hydrogens (tertiary/aromatic N) is 2. The van der Waals surface area contributed by atoms with Gasteiger partial charge in [0.1, 0.15) is 0 Å². The molecular formula is C21H17BrN2OS. The summed E-state index contributed by atoms with van der Waals surface area (Å²) in [5.74, 6) is 0.774. The zero-order valence-corrected chi connectivity index (χ0v) is 16.7. The Bertz CT molecular complexity index is 1160. The summed E-state index contributed by atoms with van der Waals surface area (Å²) in [6, 6.07) is 20.4. The Hall–Kier alpha value is -2.11. The normalized spacial score (nSPS) is 11.3. The molecular weight excluding hydrogens is 408 g/mol. The third-order valence-electron chi connectivity index (χ3n) is 4.43. The SMILES string of the molecule is CCn1c(SCc2cccc3ccccc23)nc2ccc(Br)cc2c1=O. The van der Waals surface area contributed by atoms with Gasteiger partial charge in [0.15, 0.2) is 5.16 Å². The van der Waals surface area contributed by atoms with Gasteiger partial charge in [0.2, 0.25) is 0 Å². The predicted octanol–water partition coefficient (Wildman–Crippen LogP) is 5.62. The van der Waals surface area contributed by atoms with Crippen LogP contribution in [0.5, 0.6) is 0 Å². The molecule has 3 aromatic carbocycles. The van der Waals surface area contributed by atoms with Crippen LogP contribution in [-0.2, 0) is 12.3 Å². The maximum Gasteiger partial charge on any atom is 0.262 e. The molecule has 0 amide bonds. The van der Waals surface area contributed by atoms with Gasteiger partial charge in [-0.15, -0.1) is 0 Å². The van der Waals surface area contributed by atoms with Crippen molar-refractivity contribution in [2.24, 2.45) is 0 Å². The molecule has 0 bridgehead atoms. The van der Waals surface area contributed by atoms with Crippen LogP contribution in [0.2, 0.25) is 0 Å². The van der Waals surface area contributed by atoms with Crippen molar-refractivity contribution in [3.8, 4) is 0 Å². The predicted molar refractivity (Wildman–Crippen MR) is 113 cm³/mol. The Labute approximate surface area is 164 Å². The molecule has 130 valence electrons. The molecule has 1 heterocycles. The van der Waals surface area contributed by atoms with Crippen LogP contribution in [0.1, 0.15) is 12.5 Å². The van der Waals surface area contributed by atoms with Gasteiger partial charge in [0.05, 0.1) is 10.9 Å². The fourth-order valence-electron chi connectivity index (χ4n) is 3.12. The lowest BCUT2D eigenvalue weighted by molar-refractivity contribution is 0.634. The van der Waals surface area contributed by atoms with Crippen LogP contribution >= 0.6 is 27.7 Å². The van der Waals surface area contributed by atoms with Gasteiger partial charge in [-0.05, 0) is 41.5 Å². The highest BCUT2D eigenvalue weighted by Crippen LogP contribution is 2.27. The number of fused-ring (bicyclic) bond motifs is 2. The highest BCUT2D eigenvalue weighted by molar-refractivity contribution is 9.10. The van der Waals surface area contributed by atoms with E-state index in [4.69, 9.17) is 4.98 Å². The van der Waals surface area contributed by atoms with Crippen molar-refractivity contribution in [3.05, 3.63) is 81.1 Å². The molecule has 0 N–H and O–H groups in total. The van der Waals surface area contributed by atoms with Gasteiger partial charge >= 0.3 is 0 Å². The number of aromatic nitrogens is 2. The molecule has 0 unspecified atom stereocenters. The lowest BCUT2D eigenvalue weighted by Gasteiger charge is -2.12. The highest BCUT2D eigenvalue weighted by Gasteiger charge is 2.12. The van der Waals surface area contributed by atoms with Gasteiger partial charge in [-0.1, -0.05) is 70.2 Å². The zero-order chi connectivity index (χ0) is 18.1. The Morgan fingerprint density at radius 2 is 1.85 bits per heavy atom. The molecule has 0 radical (unpaired) electrons. The largest absolute Gasteiger partial charge is 0.287 e. The van der Waals surface area contributed by atoms with Crippen LogP contribution in [0.4, 0.5) is 0 Å². The van der Waals surface area contributed by atoms with Crippen molar-refractivity contribution in [2.75, 3.05) is 0 Å². The van der Waals surface area contributed by atoms with E-state index in [1.54, 1.807) is 16.3 Å². The molecule has 0 saturated heterocycles. The molecule has 0 spiro atoms. The minimum Gasteiger partial charge on any atom is -0.287 e. The molecule has 4 rings (SSSR count). The van der Waals surface area contributed by atoms with Gasteiger partial charge in [-0.3, -0.25) is 9.36 Å². The average molecular weight is 425 g/mol. The van der Waals surface area contributed by atoms with Crippen LogP contribution in [-0.4, -0.2) is 9.55 Å². The third kappa shape index (κ3) is 3.17. The second-order valence-corrected chi connectivity index (χ2v) is 7.89. The smallest absolute Gasteiger partial charge is 0.262 e. The molecule has 1 aromatic heterocycles. The van der Waals surface area contributed by atoms with Crippen LogP contribution in [0.15, 0.2) is 75.1 Å². The summed E-state index contributed by atoms with van der Waals surface area (Å²) in [5, 5.41) is 3.89. The molecule has 0 atom stereocenters. The van der Waals surface area contributed by atoms with E-state index in [1.165, 1.54) is 16.3 Å². The maximum atomic E-state index is 12.8. The highest BCUT2D eigenvalue weighted by atomic mass is 79.9. The van der Waals surface area contributed by atoms with Gasteiger partial charge < -0.3 is 0 Å².